The number of piperidine rings is 1. The quantitative estimate of drug-likeness (QED) is 0.795. The van der Waals surface area contributed by atoms with Crippen LogP contribution in [0.2, 0.25) is 0 Å². The van der Waals surface area contributed by atoms with Gasteiger partial charge in [-0.15, -0.1) is 0 Å². The van der Waals surface area contributed by atoms with Crippen LogP contribution in [0.15, 0.2) is 40.8 Å². The number of aliphatic hydroxyl groups excluding tert-OH is 1. The molecular formula is C20H26N2O4. The van der Waals surface area contributed by atoms with Crippen LogP contribution in [0.1, 0.15) is 23.4 Å². The number of furan rings is 1. The standard InChI is InChI=1S/C20H26N2O4/c1-25-17-6-2-5-16(12-17)18-7-8-19(26-18)20(24)21-9-11-22-10-3-4-15(13-22)14-23/h2,5-8,12,15,23H,3-4,9-11,13-14H2,1H3,(H,21,24)/t15-/m0/s1. The maximum atomic E-state index is 12.3. The molecule has 6 heteroatoms. The average Bonchev–Trinajstić information content (AvgIpc) is 3.18. The minimum atomic E-state index is -0.213. The second-order valence-corrected chi connectivity index (χ2v) is 6.64. The predicted octanol–water partition coefficient (Wildman–Crippen LogP) is 2.39. The molecule has 1 atom stereocenters. The summed E-state index contributed by atoms with van der Waals surface area (Å²) in [5, 5.41) is 12.2. The van der Waals surface area contributed by atoms with Crippen molar-refractivity contribution >= 4 is 5.91 Å². The van der Waals surface area contributed by atoms with Crippen molar-refractivity contribution in [3.8, 4) is 17.1 Å². The van der Waals surface area contributed by atoms with E-state index in [4.69, 9.17) is 9.15 Å². The van der Waals surface area contributed by atoms with Crippen LogP contribution < -0.4 is 10.1 Å². The Hall–Kier alpha value is -2.31. The summed E-state index contributed by atoms with van der Waals surface area (Å²) in [4.78, 5) is 14.6. The largest absolute Gasteiger partial charge is 0.497 e. The SMILES string of the molecule is COc1cccc(-c2ccc(C(=O)NCCN3CCC[C@H](CO)C3)o2)c1. The maximum Gasteiger partial charge on any atom is 0.287 e. The molecule has 1 aliphatic heterocycles. The third kappa shape index (κ3) is 4.65. The van der Waals surface area contributed by atoms with Gasteiger partial charge in [0.05, 0.1) is 7.11 Å². The zero-order valence-corrected chi connectivity index (χ0v) is 15.1. The molecule has 6 nitrogen and oxygen atoms in total. The van der Waals surface area contributed by atoms with Gasteiger partial charge in [-0.2, -0.15) is 0 Å². The fraction of sp³-hybridized carbons (Fsp3) is 0.450. The zero-order chi connectivity index (χ0) is 18.4. The fourth-order valence-corrected chi connectivity index (χ4v) is 3.31. The van der Waals surface area contributed by atoms with E-state index >= 15 is 0 Å². The molecule has 1 aromatic heterocycles. The van der Waals surface area contributed by atoms with Gasteiger partial charge in [0.25, 0.3) is 5.91 Å². The van der Waals surface area contributed by atoms with Crippen LogP contribution in [-0.4, -0.2) is 55.8 Å². The second-order valence-electron chi connectivity index (χ2n) is 6.64. The van der Waals surface area contributed by atoms with Crippen molar-refractivity contribution in [2.24, 2.45) is 5.92 Å². The molecule has 1 fully saturated rings. The maximum absolute atomic E-state index is 12.3. The molecule has 140 valence electrons. The predicted molar refractivity (Wildman–Crippen MR) is 99.3 cm³/mol. The molecule has 2 N–H and O–H groups in total. The molecule has 0 unspecified atom stereocenters. The van der Waals surface area contributed by atoms with Gasteiger partial charge in [0.15, 0.2) is 5.76 Å². The highest BCUT2D eigenvalue weighted by Gasteiger charge is 2.19. The molecule has 0 radical (unpaired) electrons. The van der Waals surface area contributed by atoms with Crippen molar-refractivity contribution in [3.63, 3.8) is 0 Å². The Morgan fingerprint density at radius 3 is 3.08 bits per heavy atom. The third-order valence-electron chi connectivity index (χ3n) is 4.76. The first-order chi connectivity index (χ1) is 12.7. The minimum Gasteiger partial charge on any atom is -0.497 e. The van der Waals surface area contributed by atoms with Gasteiger partial charge in [0.2, 0.25) is 0 Å². The van der Waals surface area contributed by atoms with Gasteiger partial charge in [0.1, 0.15) is 11.5 Å². The number of carbonyl (C=O) groups excluding carboxylic acids is 1. The zero-order valence-electron chi connectivity index (χ0n) is 15.1. The number of methoxy groups -OCH3 is 1. The van der Waals surface area contributed by atoms with Gasteiger partial charge in [0, 0.05) is 31.8 Å². The molecule has 0 bridgehead atoms. The van der Waals surface area contributed by atoms with E-state index in [0.29, 0.717) is 24.0 Å². The summed E-state index contributed by atoms with van der Waals surface area (Å²) in [5.41, 5.74) is 0.867. The summed E-state index contributed by atoms with van der Waals surface area (Å²) in [6.07, 6.45) is 2.18. The number of hydrogen-bond donors (Lipinski definition) is 2. The molecular weight excluding hydrogens is 332 g/mol. The molecule has 0 spiro atoms. The Morgan fingerprint density at radius 2 is 2.27 bits per heavy atom. The molecule has 26 heavy (non-hydrogen) atoms. The molecule has 1 aromatic carbocycles. The lowest BCUT2D eigenvalue weighted by Gasteiger charge is -2.31. The summed E-state index contributed by atoms with van der Waals surface area (Å²) < 4.78 is 10.9. The molecule has 0 saturated carbocycles. The summed E-state index contributed by atoms with van der Waals surface area (Å²) in [7, 11) is 1.62. The first-order valence-electron chi connectivity index (χ1n) is 9.05. The molecule has 1 amide bonds. The third-order valence-corrected chi connectivity index (χ3v) is 4.76. The lowest BCUT2D eigenvalue weighted by molar-refractivity contribution is 0.0905. The number of aliphatic hydroxyl groups is 1. The van der Waals surface area contributed by atoms with Gasteiger partial charge in [-0.1, -0.05) is 12.1 Å². The lowest BCUT2D eigenvalue weighted by Crippen LogP contribution is -2.41. The summed E-state index contributed by atoms with van der Waals surface area (Å²) >= 11 is 0. The van der Waals surface area contributed by atoms with Crippen molar-refractivity contribution in [1.29, 1.82) is 0 Å². The van der Waals surface area contributed by atoms with E-state index in [1.807, 2.05) is 24.3 Å². The molecule has 3 rings (SSSR count). The van der Waals surface area contributed by atoms with E-state index in [0.717, 1.165) is 43.8 Å². The van der Waals surface area contributed by atoms with Gasteiger partial charge < -0.3 is 24.5 Å². The highest BCUT2D eigenvalue weighted by Crippen LogP contribution is 2.25. The molecule has 1 aliphatic rings. The highest BCUT2D eigenvalue weighted by molar-refractivity contribution is 5.92. The Kier molecular flexibility index (Phi) is 6.30. The van der Waals surface area contributed by atoms with Gasteiger partial charge in [-0.25, -0.2) is 0 Å². The summed E-state index contributed by atoms with van der Waals surface area (Å²) in [6.45, 7) is 3.50. The van der Waals surface area contributed by atoms with Crippen molar-refractivity contribution in [2.45, 2.75) is 12.8 Å². The number of rotatable bonds is 7. The number of hydrogen-bond acceptors (Lipinski definition) is 5. The first-order valence-corrected chi connectivity index (χ1v) is 9.05. The topological polar surface area (TPSA) is 74.9 Å². The fourth-order valence-electron chi connectivity index (χ4n) is 3.31. The van der Waals surface area contributed by atoms with Crippen molar-refractivity contribution in [1.82, 2.24) is 10.2 Å². The van der Waals surface area contributed by atoms with Crippen molar-refractivity contribution in [2.75, 3.05) is 39.9 Å². The smallest absolute Gasteiger partial charge is 0.287 e. The van der Waals surface area contributed by atoms with Crippen LogP contribution in [0.25, 0.3) is 11.3 Å². The van der Waals surface area contributed by atoms with Crippen LogP contribution >= 0.6 is 0 Å². The van der Waals surface area contributed by atoms with E-state index in [1.165, 1.54) is 0 Å². The van der Waals surface area contributed by atoms with E-state index in [9.17, 15) is 9.90 Å². The van der Waals surface area contributed by atoms with Crippen LogP contribution in [-0.2, 0) is 0 Å². The van der Waals surface area contributed by atoms with Crippen LogP contribution in [0.3, 0.4) is 0 Å². The van der Waals surface area contributed by atoms with E-state index in [-0.39, 0.29) is 12.5 Å². The molecule has 1 saturated heterocycles. The Labute approximate surface area is 153 Å². The van der Waals surface area contributed by atoms with Crippen LogP contribution in [0, 0.1) is 5.92 Å². The van der Waals surface area contributed by atoms with Crippen LogP contribution in [0.4, 0.5) is 0 Å². The number of ether oxygens (including phenoxy) is 1. The van der Waals surface area contributed by atoms with Crippen molar-refractivity contribution < 1.29 is 19.1 Å². The Balaban J connectivity index is 1.51. The van der Waals surface area contributed by atoms with E-state index in [1.54, 1.807) is 19.2 Å². The molecule has 0 aliphatic carbocycles. The monoisotopic (exact) mass is 358 g/mol. The number of carbonyl (C=O) groups is 1. The first kappa shape index (κ1) is 18.5. The van der Waals surface area contributed by atoms with Gasteiger partial charge >= 0.3 is 0 Å². The minimum absolute atomic E-state index is 0.213. The van der Waals surface area contributed by atoms with E-state index < -0.39 is 0 Å². The number of benzene rings is 1. The number of nitrogens with one attached hydrogen (secondary N) is 1. The lowest BCUT2D eigenvalue weighted by atomic mass is 9.99. The van der Waals surface area contributed by atoms with Gasteiger partial charge in [-0.05, 0) is 49.6 Å². The Bertz CT molecular complexity index is 728. The number of likely N-dealkylation sites (tertiary alicyclic amines) is 1. The van der Waals surface area contributed by atoms with Crippen molar-refractivity contribution in [3.05, 3.63) is 42.2 Å². The summed E-state index contributed by atoms with van der Waals surface area (Å²) in [6, 6.07) is 11.0. The Morgan fingerprint density at radius 1 is 1.38 bits per heavy atom. The van der Waals surface area contributed by atoms with E-state index in [2.05, 4.69) is 10.2 Å². The molecule has 2 heterocycles. The second kappa shape index (κ2) is 8.87. The van der Waals surface area contributed by atoms with Gasteiger partial charge in [-0.3, -0.25) is 4.79 Å². The summed E-state index contributed by atoms with van der Waals surface area (Å²) in [5.74, 6) is 1.82. The average molecular weight is 358 g/mol. The number of amides is 1. The molecule has 2 aromatic rings. The number of nitrogens with zero attached hydrogens (tertiary/aromatic N) is 1. The normalized spacial score (nSPS) is 17.8. The highest BCUT2D eigenvalue weighted by atomic mass is 16.5. The van der Waals surface area contributed by atoms with Crippen LogP contribution in [0.5, 0.6) is 5.75 Å².